The molecule has 0 unspecified atom stereocenters. The van der Waals surface area contributed by atoms with E-state index in [9.17, 15) is 4.79 Å². The van der Waals surface area contributed by atoms with Crippen LogP contribution in [0.4, 0.5) is 5.69 Å². The fourth-order valence-electron chi connectivity index (χ4n) is 1.97. The fraction of sp³-hybridized carbons (Fsp3) is 0.235. The smallest absolute Gasteiger partial charge is 0.265 e. The van der Waals surface area contributed by atoms with Crippen LogP contribution in [0, 0.1) is 18.8 Å². The number of thiophene rings is 1. The zero-order chi connectivity index (χ0) is 15.2. The van der Waals surface area contributed by atoms with Crippen molar-refractivity contribution < 1.29 is 9.90 Å². The Bertz CT molecular complexity index is 707. The number of para-hydroxylation sites is 1. The van der Waals surface area contributed by atoms with Crippen LogP contribution < -0.4 is 5.32 Å². The third-order valence-corrected chi connectivity index (χ3v) is 4.22. The molecule has 2 N–H and O–H groups in total. The Morgan fingerprint density at radius 1 is 1.38 bits per heavy atom. The van der Waals surface area contributed by atoms with Crippen molar-refractivity contribution in [3.63, 3.8) is 0 Å². The lowest BCUT2D eigenvalue weighted by molar-refractivity contribution is 0.103. The Balaban J connectivity index is 2.21. The molecule has 4 heteroatoms. The van der Waals surface area contributed by atoms with Gasteiger partial charge in [-0.15, -0.1) is 11.3 Å². The number of hydrogen-bond donors (Lipinski definition) is 2. The van der Waals surface area contributed by atoms with Crippen molar-refractivity contribution in [2.45, 2.75) is 20.3 Å². The van der Waals surface area contributed by atoms with Crippen LogP contribution in [0.1, 0.15) is 32.6 Å². The minimum atomic E-state index is -0.178. The number of amides is 1. The lowest BCUT2D eigenvalue weighted by Gasteiger charge is -2.08. The van der Waals surface area contributed by atoms with Crippen LogP contribution in [0.25, 0.3) is 0 Å². The van der Waals surface area contributed by atoms with Gasteiger partial charge in [0.25, 0.3) is 5.91 Å². The third kappa shape index (κ3) is 3.72. The predicted octanol–water partition coefficient (Wildman–Crippen LogP) is 3.22. The summed E-state index contributed by atoms with van der Waals surface area (Å²) in [6, 6.07) is 9.62. The number of aliphatic hydroxyl groups is 1. The second-order valence-electron chi connectivity index (χ2n) is 4.55. The van der Waals surface area contributed by atoms with Crippen molar-refractivity contribution in [3.05, 3.63) is 51.2 Å². The highest BCUT2D eigenvalue weighted by Crippen LogP contribution is 2.23. The normalized spacial score (nSPS) is 9.86. The van der Waals surface area contributed by atoms with Crippen molar-refractivity contribution in [1.82, 2.24) is 0 Å². The Hall–Kier alpha value is -2.09. The summed E-state index contributed by atoms with van der Waals surface area (Å²) in [7, 11) is 0. The van der Waals surface area contributed by atoms with E-state index < -0.39 is 0 Å². The molecule has 0 atom stereocenters. The molecule has 0 fully saturated rings. The van der Waals surface area contributed by atoms with Crippen molar-refractivity contribution in [3.8, 4) is 11.8 Å². The van der Waals surface area contributed by atoms with E-state index in [1.165, 1.54) is 11.3 Å². The van der Waals surface area contributed by atoms with Gasteiger partial charge in [-0.25, -0.2) is 0 Å². The summed E-state index contributed by atoms with van der Waals surface area (Å²) in [5.41, 5.74) is 2.91. The molecule has 0 aliphatic rings. The van der Waals surface area contributed by atoms with Gasteiger partial charge >= 0.3 is 0 Å². The standard InChI is InChI=1S/C17H17NO2S/c1-3-13-7-4-5-8-14(13)18-17(20)16-11-12(2)15(21-16)9-6-10-19/h4-5,7-8,11,19H,3,10H2,1-2H3,(H,18,20). The Morgan fingerprint density at radius 3 is 2.86 bits per heavy atom. The van der Waals surface area contributed by atoms with E-state index in [0.717, 1.165) is 28.1 Å². The first-order valence-corrected chi connectivity index (χ1v) is 7.56. The first kappa shape index (κ1) is 15.3. The second-order valence-corrected chi connectivity index (χ2v) is 5.60. The molecule has 3 nitrogen and oxygen atoms in total. The summed E-state index contributed by atoms with van der Waals surface area (Å²) in [5, 5.41) is 11.7. The third-order valence-electron chi connectivity index (χ3n) is 3.07. The maximum Gasteiger partial charge on any atom is 0.265 e. The molecule has 1 aromatic carbocycles. The number of benzene rings is 1. The van der Waals surface area contributed by atoms with E-state index in [2.05, 4.69) is 24.1 Å². The summed E-state index contributed by atoms with van der Waals surface area (Å²) in [5.74, 6) is 5.35. The lowest BCUT2D eigenvalue weighted by Crippen LogP contribution is -2.11. The van der Waals surface area contributed by atoms with Crippen molar-refractivity contribution >= 4 is 22.9 Å². The monoisotopic (exact) mass is 299 g/mol. The van der Waals surface area contributed by atoms with Gasteiger partial charge < -0.3 is 10.4 Å². The molecule has 2 rings (SSSR count). The average molecular weight is 299 g/mol. The molecule has 1 heterocycles. The largest absolute Gasteiger partial charge is 0.384 e. The maximum atomic E-state index is 12.3. The van der Waals surface area contributed by atoms with Gasteiger partial charge in [-0.3, -0.25) is 4.79 Å². The summed E-state index contributed by atoms with van der Waals surface area (Å²) in [4.78, 5) is 13.8. The molecule has 0 saturated carbocycles. The first-order valence-electron chi connectivity index (χ1n) is 6.75. The van der Waals surface area contributed by atoms with Crippen molar-refractivity contribution in [2.75, 3.05) is 11.9 Å². The highest BCUT2D eigenvalue weighted by Gasteiger charge is 2.12. The Labute approximate surface area is 128 Å². The predicted molar refractivity (Wildman–Crippen MR) is 86.8 cm³/mol. The quantitative estimate of drug-likeness (QED) is 0.855. The average Bonchev–Trinajstić information content (AvgIpc) is 2.87. The van der Waals surface area contributed by atoms with E-state index in [1.807, 2.05) is 37.3 Å². The van der Waals surface area contributed by atoms with Gasteiger partial charge in [-0.05, 0) is 36.6 Å². The number of anilines is 1. The Kier molecular flexibility index (Phi) is 5.15. The molecular formula is C17H17NO2S. The fourth-order valence-corrected chi connectivity index (χ4v) is 2.91. The van der Waals surface area contributed by atoms with Crippen LogP contribution in [0.2, 0.25) is 0 Å². The lowest BCUT2D eigenvalue weighted by atomic mass is 10.1. The van der Waals surface area contributed by atoms with Gasteiger partial charge in [0.2, 0.25) is 0 Å². The van der Waals surface area contributed by atoms with Gasteiger partial charge in [0.05, 0.1) is 9.75 Å². The molecule has 1 aromatic heterocycles. The van der Waals surface area contributed by atoms with E-state index in [-0.39, 0.29) is 12.5 Å². The van der Waals surface area contributed by atoms with Gasteiger partial charge in [-0.1, -0.05) is 37.0 Å². The molecule has 0 saturated heterocycles. The summed E-state index contributed by atoms with van der Waals surface area (Å²) in [6.45, 7) is 3.79. The van der Waals surface area contributed by atoms with Crippen LogP contribution in [0.15, 0.2) is 30.3 Å². The molecule has 0 radical (unpaired) electrons. The molecular weight excluding hydrogens is 282 g/mol. The number of nitrogens with one attached hydrogen (secondary N) is 1. The number of hydrogen-bond acceptors (Lipinski definition) is 3. The van der Waals surface area contributed by atoms with Crippen molar-refractivity contribution in [2.24, 2.45) is 0 Å². The SMILES string of the molecule is CCc1ccccc1NC(=O)c1cc(C)c(C#CCO)s1. The number of carbonyl (C=O) groups excluding carboxylic acids is 1. The highest BCUT2D eigenvalue weighted by molar-refractivity contribution is 7.14. The van der Waals surface area contributed by atoms with E-state index in [4.69, 9.17) is 5.11 Å². The number of aliphatic hydroxyl groups excluding tert-OH is 1. The number of rotatable bonds is 3. The van der Waals surface area contributed by atoms with Crippen LogP contribution >= 0.6 is 11.3 Å². The van der Waals surface area contributed by atoms with Crippen LogP contribution in [-0.2, 0) is 6.42 Å². The highest BCUT2D eigenvalue weighted by atomic mass is 32.1. The number of carbonyl (C=O) groups is 1. The molecule has 2 aromatic rings. The minimum Gasteiger partial charge on any atom is -0.384 e. The van der Waals surface area contributed by atoms with Crippen LogP contribution in [0.5, 0.6) is 0 Å². The molecule has 0 aliphatic carbocycles. The second kappa shape index (κ2) is 7.07. The van der Waals surface area contributed by atoms with E-state index in [0.29, 0.717) is 4.88 Å². The summed E-state index contributed by atoms with van der Waals surface area (Å²) in [6.07, 6.45) is 0.868. The van der Waals surface area contributed by atoms with Gasteiger partial charge in [-0.2, -0.15) is 0 Å². The van der Waals surface area contributed by atoms with E-state index >= 15 is 0 Å². The molecule has 108 valence electrons. The first-order chi connectivity index (χ1) is 10.2. The van der Waals surface area contributed by atoms with Crippen LogP contribution in [0.3, 0.4) is 0 Å². The minimum absolute atomic E-state index is 0.124. The molecule has 0 bridgehead atoms. The summed E-state index contributed by atoms with van der Waals surface area (Å²) >= 11 is 1.34. The molecule has 0 aliphatic heterocycles. The molecule has 1 amide bonds. The molecule has 21 heavy (non-hydrogen) atoms. The molecule has 0 spiro atoms. The van der Waals surface area contributed by atoms with Gasteiger partial charge in [0.1, 0.15) is 6.61 Å². The van der Waals surface area contributed by atoms with Crippen molar-refractivity contribution in [1.29, 1.82) is 0 Å². The number of aryl methyl sites for hydroxylation is 2. The Morgan fingerprint density at radius 2 is 2.14 bits per heavy atom. The van der Waals surface area contributed by atoms with Gasteiger partial charge in [0, 0.05) is 5.69 Å². The maximum absolute atomic E-state index is 12.3. The van der Waals surface area contributed by atoms with Crippen LogP contribution in [-0.4, -0.2) is 17.6 Å². The summed E-state index contributed by atoms with van der Waals surface area (Å²) < 4.78 is 0. The van der Waals surface area contributed by atoms with E-state index in [1.54, 1.807) is 0 Å². The van der Waals surface area contributed by atoms with Gasteiger partial charge in [0.15, 0.2) is 0 Å². The zero-order valence-electron chi connectivity index (χ0n) is 12.1. The zero-order valence-corrected chi connectivity index (χ0v) is 12.9. The topological polar surface area (TPSA) is 49.3 Å².